The minimum absolute atomic E-state index is 0.0455. The average Bonchev–Trinajstić information content (AvgIpc) is 2.28. The Morgan fingerprint density at radius 2 is 1.90 bits per heavy atom. The van der Waals surface area contributed by atoms with E-state index in [4.69, 9.17) is 5.73 Å². The van der Waals surface area contributed by atoms with E-state index in [1.807, 2.05) is 20.8 Å². The van der Waals surface area contributed by atoms with E-state index in [1.54, 1.807) is 13.0 Å². The lowest BCUT2D eigenvalue weighted by atomic mass is 10.1. The van der Waals surface area contributed by atoms with Gasteiger partial charge in [0.1, 0.15) is 0 Å². The van der Waals surface area contributed by atoms with Crippen molar-refractivity contribution in [2.75, 3.05) is 12.3 Å². The number of aryl methyl sites for hydroxylation is 1. The van der Waals surface area contributed by atoms with Crippen molar-refractivity contribution in [2.45, 2.75) is 38.1 Å². The summed E-state index contributed by atoms with van der Waals surface area (Å²) in [6.45, 7) is 6.93. The number of amides is 1. The van der Waals surface area contributed by atoms with Gasteiger partial charge >= 0.3 is 0 Å². The van der Waals surface area contributed by atoms with Crippen molar-refractivity contribution in [3.05, 3.63) is 23.8 Å². The zero-order valence-corrected chi connectivity index (χ0v) is 13.0. The first kappa shape index (κ1) is 16.5. The summed E-state index contributed by atoms with van der Waals surface area (Å²) in [5.74, 6) is -0.388. The third-order valence-electron chi connectivity index (χ3n) is 2.50. The van der Waals surface area contributed by atoms with E-state index in [0.717, 1.165) is 5.56 Å². The molecule has 0 aliphatic carbocycles. The van der Waals surface area contributed by atoms with Crippen molar-refractivity contribution in [1.29, 1.82) is 0 Å². The minimum atomic E-state index is -3.74. The van der Waals surface area contributed by atoms with Crippen molar-refractivity contribution < 1.29 is 13.2 Å². The van der Waals surface area contributed by atoms with Gasteiger partial charge in [-0.2, -0.15) is 0 Å². The minimum Gasteiger partial charge on any atom is -0.398 e. The van der Waals surface area contributed by atoms with Crippen LogP contribution in [0.3, 0.4) is 0 Å². The molecule has 0 unspecified atom stereocenters. The average molecular weight is 299 g/mol. The summed E-state index contributed by atoms with van der Waals surface area (Å²) >= 11 is 0. The first-order chi connectivity index (χ1) is 9.01. The van der Waals surface area contributed by atoms with Gasteiger partial charge in [0.25, 0.3) is 0 Å². The van der Waals surface area contributed by atoms with Crippen LogP contribution >= 0.6 is 0 Å². The predicted octanol–water partition coefficient (Wildman–Crippen LogP) is 0.770. The van der Waals surface area contributed by atoms with E-state index >= 15 is 0 Å². The van der Waals surface area contributed by atoms with Gasteiger partial charge < -0.3 is 11.1 Å². The summed E-state index contributed by atoms with van der Waals surface area (Å²) in [7, 11) is -3.74. The molecule has 1 aromatic rings. The second-order valence-corrected chi connectivity index (χ2v) is 7.41. The number of hydrogen-bond donors (Lipinski definition) is 3. The quantitative estimate of drug-likeness (QED) is 0.715. The molecule has 4 N–H and O–H groups in total. The van der Waals surface area contributed by atoms with Gasteiger partial charge in [0.05, 0.1) is 11.4 Å². The van der Waals surface area contributed by atoms with Crippen LogP contribution in [0, 0.1) is 6.92 Å². The number of nitrogen functional groups attached to an aromatic ring is 1. The van der Waals surface area contributed by atoms with Crippen LogP contribution in [0.5, 0.6) is 0 Å². The summed E-state index contributed by atoms with van der Waals surface area (Å²) in [6, 6.07) is 4.45. The van der Waals surface area contributed by atoms with Gasteiger partial charge in [0, 0.05) is 11.2 Å². The summed E-state index contributed by atoms with van der Waals surface area (Å²) in [5.41, 5.74) is 6.47. The molecule has 0 radical (unpaired) electrons. The van der Waals surface area contributed by atoms with Crippen molar-refractivity contribution in [3.63, 3.8) is 0 Å². The third-order valence-corrected chi connectivity index (χ3v) is 3.90. The zero-order valence-electron chi connectivity index (χ0n) is 12.1. The van der Waals surface area contributed by atoms with Crippen molar-refractivity contribution >= 4 is 21.6 Å². The molecule has 0 spiro atoms. The molecule has 1 aromatic carbocycles. The van der Waals surface area contributed by atoms with Crippen LogP contribution in [-0.4, -0.2) is 26.4 Å². The lowest BCUT2D eigenvalue weighted by Gasteiger charge is -2.20. The first-order valence-corrected chi connectivity index (χ1v) is 7.66. The molecule has 0 heterocycles. The Bertz CT molecular complexity index is 604. The Hall–Kier alpha value is -1.60. The fraction of sp³-hybridized carbons (Fsp3) is 0.462. The normalized spacial score (nSPS) is 12.2. The molecule has 0 atom stereocenters. The topological polar surface area (TPSA) is 101 Å². The molecular formula is C13H21N3O3S. The third kappa shape index (κ3) is 4.82. The van der Waals surface area contributed by atoms with E-state index in [1.165, 1.54) is 12.1 Å². The van der Waals surface area contributed by atoms with Gasteiger partial charge in [0.2, 0.25) is 15.9 Å². The lowest BCUT2D eigenvalue weighted by molar-refractivity contribution is -0.121. The molecule has 0 aromatic heterocycles. The van der Waals surface area contributed by atoms with Crippen molar-refractivity contribution in [3.8, 4) is 0 Å². The Morgan fingerprint density at radius 1 is 1.30 bits per heavy atom. The van der Waals surface area contributed by atoms with Crippen LogP contribution in [0.1, 0.15) is 26.3 Å². The van der Waals surface area contributed by atoms with Gasteiger partial charge in [-0.3, -0.25) is 4.79 Å². The number of benzene rings is 1. The molecular weight excluding hydrogens is 278 g/mol. The van der Waals surface area contributed by atoms with E-state index in [-0.39, 0.29) is 17.3 Å². The fourth-order valence-corrected chi connectivity index (χ4v) is 2.51. The molecule has 0 saturated heterocycles. The number of anilines is 1. The van der Waals surface area contributed by atoms with Gasteiger partial charge in [0.15, 0.2) is 0 Å². The summed E-state index contributed by atoms with van der Waals surface area (Å²) < 4.78 is 26.3. The summed E-state index contributed by atoms with van der Waals surface area (Å²) in [6.07, 6.45) is 0. The highest BCUT2D eigenvalue weighted by Crippen LogP contribution is 2.16. The second kappa shape index (κ2) is 5.80. The van der Waals surface area contributed by atoms with Crippen molar-refractivity contribution in [2.24, 2.45) is 0 Å². The Balaban J connectivity index is 2.76. The van der Waals surface area contributed by atoms with E-state index < -0.39 is 15.6 Å². The maximum atomic E-state index is 12.0. The molecule has 6 nitrogen and oxygen atoms in total. The van der Waals surface area contributed by atoms with Gasteiger partial charge in [-0.25, -0.2) is 13.1 Å². The van der Waals surface area contributed by atoms with Gasteiger partial charge in [-0.05, 0) is 45.4 Å². The largest absolute Gasteiger partial charge is 0.398 e. The van der Waals surface area contributed by atoms with Crippen LogP contribution < -0.4 is 15.8 Å². The maximum absolute atomic E-state index is 12.0. The molecule has 1 rings (SSSR count). The van der Waals surface area contributed by atoms with Gasteiger partial charge in [-0.1, -0.05) is 6.07 Å². The Kier molecular flexibility index (Phi) is 4.77. The highest BCUT2D eigenvalue weighted by atomic mass is 32.2. The number of carbonyl (C=O) groups excluding carboxylic acids is 1. The maximum Gasteiger partial charge on any atom is 0.241 e. The fourth-order valence-electron chi connectivity index (χ4n) is 1.49. The summed E-state index contributed by atoms with van der Waals surface area (Å²) in [4.78, 5) is 11.6. The van der Waals surface area contributed by atoms with Crippen LogP contribution in [0.15, 0.2) is 23.1 Å². The van der Waals surface area contributed by atoms with Crippen molar-refractivity contribution in [1.82, 2.24) is 10.0 Å². The highest BCUT2D eigenvalue weighted by molar-refractivity contribution is 7.89. The summed E-state index contributed by atoms with van der Waals surface area (Å²) in [5, 5.41) is 2.67. The molecule has 7 heteroatoms. The van der Waals surface area contributed by atoms with Crippen LogP contribution in [0.4, 0.5) is 5.69 Å². The lowest BCUT2D eigenvalue weighted by Crippen LogP contribution is -2.45. The van der Waals surface area contributed by atoms with Gasteiger partial charge in [-0.15, -0.1) is 0 Å². The van der Waals surface area contributed by atoms with E-state index in [0.29, 0.717) is 5.69 Å². The molecule has 1 amide bonds. The predicted molar refractivity (Wildman–Crippen MR) is 78.7 cm³/mol. The molecule has 112 valence electrons. The van der Waals surface area contributed by atoms with Crippen LogP contribution in [0.25, 0.3) is 0 Å². The molecule has 0 bridgehead atoms. The SMILES string of the molecule is Cc1ccc(S(=O)(=O)NCC(=O)NC(C)(C)C)cc1N. The van der Waals surface area contributed by atoms with E-state index in [9.17, 15) is 13.2 Å². The van der Waals surface area contributed by atoms with Crippen LogP contribution in [-0.2, 0) is 14.8 Å². The smallest absolute Gasteiger partial charge is 0.241 e. The van der Waals surface area contributed by atoms with E-state index in [2.05, 4.69) is 10.0 Å². The first-order valence-electron chi connectivity index (χ1n) is 6.18. The number of carbonyl (C=O) groups is 1. The second-order valence-electron chi connectivity index (χ2n) is 5.64. The number of sulfonamides is 1. The molecule has 0 aliphatic rings. The highest BCUT2D eigenvalue weighted by Gasteiger charge is 2.18. The Morgan fingerprint density at radius 3 is 2.40 bits per heavy atom. The number of nitrogens with two attached hydrogens (primary N) is 1. The number of nitrogens with one attached hydrogen (secondary N) is 2. The molecule has 20 heavy (non-hydrogen) atoms. The molecule has 0 fully saturated rings. The standard InChI is InChI=1S/C13H21N3O3S/c1-9-5-6-10(7-11(9)14)20(18,19)15-8-12(17)16-13(2,3)4/h5-7,15H,8,14H2,1-4H3,(H,16,17). The van der Waals surface area contributed by atoms with Crippen LogP contribution in [0.2, 0.25) is 0 Å². The number of hydrogen-bond acceptors (Lipinski definition) is 4. The Labute approximate surface area is 119 Å². The zero-order chi connectivity index (χ0) is 15.6. The monoisotopic (exact) mass is 299 g/mol. The number of rotatable bonds is 4. The molecule has 0 aliphatic heterocycles. The molecule has 0 saturated carbocycles.